The minimum atomic E-state index is -0.416. The molecule has 0 radical (unpaired) electrons. The van der Waals surface area contributed by atoms with Gasteiger partial charge >= 0.3 is 5.97 Å². The van der Waals surface area contributed by atoms with E-state index in [9.17, 15) is 4.79 Å². The van der Waals surface area contributed by atoms with E-state index in [-0.39, 0.29) is 12.1 Å². The average Bonchev–Trinajstić information content (AvgIpc) is 2.15. The van der Waals surface area contributed by atoms with Gasteiger partial charge in [0.25, 0.3) is 0 Å². The van der Waals surface area contributed by atoms with Gasteiger partial charge in [-0.2, -0.15) is 0 Å². The van der Waals surface area contributed by atoms with Gasteiger partial charge in [-0.05, 0) is 27.8 Å². The number of esters is 1. The maximum atomic E-state index is 11.6. The van der Waals surface area contributed by atoms with Crippen LogP contribution in [0.3, 0.4) is 0 Å². The predicted molar refractivity (Wildman–Crippen MR) is 66.0 cm³/mol. The van der Waals surface area contributed by atoms with Crippen molar-refractivity contribution in [1.82, 2.24) is 10.2 Å². The number of hydrogen-bond acceptors (Lipinski definition) is 5. The van der Waals surface area contributed by atoms with Crippen LogP contribution in [0.25, 0.3) is 0 Å². The van der Waals surface area contributed by atoms with E-state index in [1.54, 1.807) is 0 Å². The second-order valence-corrected chi connectivity index (χ2v) is 5.48. The third kappa shape index (κ3) is 6.61. The number of carbonyl (C=O) groups excluding carboxylic acids is 1. The average molecular weight is 244 g/mol. The molecule has 1 rings (SSSR count). The van der Waals surface area contributed by atoms with Crippen LogP contribution in [-0.4, -0.2) is 62.4 Å². The maximum absolute atomic E-state index is 11.6. The predicted octanol–water partition coefficient (Wildman–Crippen LogP) is 0.248. The zero-order chi connectivity index (χ0) is 12.9. The molecule has 1 N–H and O–H groups in total. The molecule has 1 heterocycles. The van der Waals surface area contributed by atoms with E-state index < -0.39 is 5.60 Å². The Kier molecular flexibility index (Phi) is 5.36. The third-order valence-electron chi connectivity index (χ3n) is 2.34. The second kappa shape index (κ2) is 6.33. The highest BCUT2D eigenvalue weighted by Crippen LogP contribution is 2.07. The lowest BCUT2D eigenvalue weighted by Crippen LogP contribution is -2.45. The molecule has 0 aromatic heterocycles. The smallest absolute Gasteiger partial charge is 0.320 e. The normalized spacial score (nSPS) is 21.6. The minimum absolute atomic E-state index is 0.163. The van der Waals surface area contributed by atoms with Crippen LogP contribution in [0.5, 0.6) is 0 Å². The van der Waals surface area contributed by atoms with Gasteiger partial charge in [0.05, 0.1) is 19.3 Å². The largest absolute Gasteiger partial charge is 0.459 e. The van der Waals surface area contributed by atoms with Crippen LogP contribution >= 0.6 is 0 Å². The van der Waals surface area contributed by atoms with Gasteiger partial charge in [-0.15, -0.1) is 0 Å². The Morgan fingerprint density at radius 2 is 2.24 bits per heavy atom. The van der Waals surface area contributed by atoms with Crippen LogP contribution in [0.4, 0.5) is 0 Å². The lowest BCUT2D eigenvalue weighted by Gasteiger charge is -2.28. The van der Waals surface area contributed by atoms with E-state index in [1.807, 2.05) is 32.7 Å². The van der Waals surface area contributed by atoms with Crippen molar-refractivity contribution in [2.75, 3.05) is 39.8 Å². The van der Waals surface area contributed by atoms with Crippen molar-refractivity contribution in [3.8, 4) is 0 Å². The van der Waals surface area contributed by atoms with Gasteiger partial charge in [0, 0.05) is 19.6 Å². The van der Waals surface area contributed by atoms with E-state index >= 15 is 0 Å². The Hall–Kier alpha value is -0.650. The molecule has 100 valence electrons. The molecule has 0 saturated carbocycles. The number of hydrogen-bond donors (Lipinski definition) is 1. The van der Waals surface area contributed by atoms with Crippen molar-refractivity contribution < 1.29 is 14.3 Å². The number of carbonyl (C=O) groups is 1. The molecule has 0 bridgehead atoms. The summed E-state index contributed by atoms with van der Waals surface area (Å²) >= 11 is 0. The van der Waals surface area contributed by atoms with Gasteiger partial charge < -0.3 is 14.8 Å². The highest BCUT2D eigenvalue weighted by atomic mass is 16.6. The first-order valence-corrected chi connectivity index (χ1v) is 6.09. The fourth-order valence-corrected chi connectivity index (χ4v) is 1.74. The molecule has 0 amide bonds. The summed E-state index contributed by atoms with van der Waals surface area (Å²) in [6.45, 7) is 9.16. The lowest BCUT2D eigenvalue weighted by atomic mass is 10.2. The van der Waals surface area contributed by atoms with Crippen LogP contribution in [0.15, 0.2) is 0 Å². The number of nitrogens with zero attached hydrogens (tertiary/aromatic N) is 1. The van der Waals surface area contributed by atoms with Crippen molar-refractivity contribution in [2.24, 2.45) is 0 Å². The molecular weight excluding hydrogens is 220 g/mol. The Morgan fingerprint density at radius 3 is 2.76 bits per heavy atom. The summed E-state index contributed by atoms with van der Waals surface area (Å²) in [6.07, 6.45) is 0.163. The van der Waals surface area contributed by atoms with Gasteiger partial charge in [0.1, 0.15) is 5.60 Å². The second-order valence-electron chi connectivity index (χ2n) is 5.48. The maximum Gasteiger partial charge on any atom is 0.320 e. The first-order chi connectivity index (χ1) is 7.87. The van der Waals surface area contributed by atoms with Crippen LogP contribution < -0.4 is 5.32 Å². The van der Waals surface area contributed by atoms with E-state index in [0.29, 0.717) is 6.54 Å². The van der Waals surface area contributed by atoms with Crippen molar-refractivity contribution >= 4 is 5.97 Å². The molecule has 0 unspecified atom stereocenters. The zero-order valence-corrected chi connectivity index (χ0v) is 11.3. The number of nitrogens with one attached hydrogen (secondary N) is 1. The summed E-state index contributed by atoms with van der Waals surface area (Å²) in [5, 5.41) is 3.26. The summed E-state index contributed by atoms with van der Waals surface area (Å²) < 4.78 is 10.8. The molecule has 1 aliphatic rings. The van der Waals surface area contributed by atoms with Gasteiger partial charge in [-0.25, -0.2) is 0 Å². The molecule has 5 nitrogen and oxygen atoms in total. The number of ether oxygens (including phenoxy) is 2. The van der Waals surface area contributed by atoms with E-state index in [0.717, 1.165) is 26.2 Å². The molecule has 1 fully saturated rings. The SMILES string of the molecule is CN(CC(=O)OC(C)(C)C)C[C@H]1CNCCO1. The highest BCUT2D eigenvalue weighted by Gasteiger charge is 2.20. The fourth-order valence-electron chi connectivity index (χ4n) is 1.74. The summed E-state index contributed by atoms with van der Waals surface area (Å²) in [7, 11) is 1.90. The molecule has 17 heavy (non-hydrogen) atoms. The first kappa shape index (κ1) is 14.4. The van der Waals surface area contributed by atoms with Gasteiger partial charge in [-0.1, -0.05) is 0 Å². The molecule has 0 aromatic rings. The molecule has 0 aromatic carbocycles. The first-order valence-electron chi connectivity index (χ1n) is 6.09. The van der Waals surface area contributed by atoms with Crippen LogP contribution in [0, 0.1) is 0 Å². The third-order valence-corrected chi connectivity index (χ3v) is 2.34. The Labute approximate surface area is 103 Å². The topological polar surface area (TPSA) is 50.8 Å². The summed E-state index contributed by atoms with van der Waals surface area (Å²) in [6, 6.07) is 0. The quantitative estimate of drug-likeness (QED) is 0.718. The summed E-state index contributed by atoms with van der Waals surface area (Å²) in [4.78, 5) is 13.5. The number of rotatable bonds is 4. The van der Waals surface area contributed by atoms with Crippen LogP contribution in [-0.2, 0) is 14.3 Å². The summed E-state index contributed by atoms with van der Waals surface area (Å²) in [5.41, 5.74) is -0.416. The van der Waals surface area contributed by atoms with Crippen molar-refractivity contribution in [3.05, 3.63) is 0 Å². The van der Waals surface area contributed by atoms with Gasteiger partial charge in [-0.3, -0.25) is 9.69 Å². The Balaban J connectivity index is 2.23. The fraction of sp³-hybridized carbons (Fsp3) is 0.917. The monoisotopic (exact) mass is 244 g/mol. The highest BCUT2D eigenvalue weighted by molar-refractivity contribution is 5.72. The van der Waals surface area contributed by atoms with E-state index in [4.69, 9.17) is 9.47 Å². The number of morpholine rings is 1. The molecule has 0 aliphatic carbocycles. The van der Waals surface area contributed by atoms with Crippen molar-refractivity contribution in [1.29, 1.82) is 0 Å². The molecule has 0 spiro atoms. The standard InChI is InChI=1S/C12H24N2O3/c1-12(2,3)17-11(15)9-14(4)8-10-7-13-5-6-16-10/h10,13H,5-9H2,1-4H3/t10-/m1/s1. The summed E-state index contributed by atoms with van der Waals surface area (Å²) in [5.74, 6) is -0.191. The Morgan fingerprint density at radius 1 is 1.53 bits per heavy atom. The van der Waals surface area contributed by atoms with E-state index in [2.05, 4.69) is 5.32 Å². The van der Waals surface area contributed by atoms with Crippen molar-refractivity contribution in [2.45, 2.75) is 32.5 Å². The van der Waals surface area contributed by atoms with Gasteiger partial charge in [0.15, 0.2) is 0 Å². The zero-order valence-electron chi connectivity index (χ0n) is 11.3. The lowest BCUT2D eigenvalue weighted by molar-refractivity contribution is -0.156. The molecule has 5 heteroatoms. The molecule has 1 saturated heterocycles. The molecule has 1 atom stereocenters. The van der Waals surface area contributed by atoms with Crippen molar-refractivity contribution in [3.63, 3.8) is 0 Å². The van der Waals surface area contributed by atoms with Crippen LogP contribution in [0.2, 0.25) is 0 Å². The van der Waals surface area contributed by atoms with Gasteiger partial charge in [0.2, 0.25) is 0 Å². The minimum Gasteiger partial charge on any atom is -0.459 e. The molecule has 1 aliphatic heterocycles. The number of likely N-dealkylation sites (N-methyl/N-ethyl adjacent to an activating group) is 1. The Bertz CT molecular complexity index is 245. The molecular formula is C12H24N2O3. The van der Waals surface area contributed by atoms with Crippen LogP contribution in [0.1, 0.15) is 20.8 Å². The van der Waals surface area contributed by atoms with E-state index in [1.165, 1.54) is 0 Å².